The monoisotopic (exact) mass is 472 g/mol. The summed E-state index contributed by atoms with van der Waals surface area (Å²) >= 11 is 0. The Bertz CT molecular complexity index is 1180. The number of anilines is 1. The van der Waals surface area contributed by atoms with Gasteiger partial charge in [0.2, 0.25) is 20.0 Å². The molecule has 0 unspecified atom stereocenters. The minimum atomic E-state index is -3.78. The Hall–Kier alpha value is -2.45. The number of sulfonamides is 2. The molecule has 1 aliphatic heterocycles. The third-order valence-electron chi connectivity index (χ3n) is 4.82. The van der Waals surface area contributed by atoms with Crippen molar-refractivity contribution < 1.29 is 31.1 Å². The van der Waals surface area contributed by atoms with Gasteiger partial charge in [0.25, 0.3) is 5.91 Å². The molecular weight excluding hydrogens is 448 g/mol. The van der Waals surface area contributed by atoms with Crippen molar-refractivity contribution >= 4 is 31.6 Å². The maximum absolute atomic E-state index is 12.9. The van der Waals surface area contributed by atoms with Crippen molar-refractivity contribution in [2.45, 2.75) is 9.79 Å². The van der Waals surface area contributed by atoms with E-state index in [1.165, 1.54) is 60.5 Å². The number of ether oxygens (including phenoxy) is 2. The zero-order valence-corrected chi connectivity index (χ0v) is 18.9. The molecule has 2 heterocycles. The lowest BCUT2D eigenvalue weighted by Crippen LogP contribution is -2.40. The number of morpholine rings is 1. The van der Waals surface area contributed by atoms with Crippen LogP contribution in [0.5, 0.6) is 5.75 Å². The van der Waals surface area contributed by atoms with E-state index < -0.39 is 26.0 Å². The molecule has 0 saturated carbocycles. The van der Waals surface area contributed by atoms with Crippen LogP contribution in [-0.4, -0.2) is 72.1 Å². The van der Waals surface area contributed by atoms with E-state index in [4.69, 9.17) is 9.47 Å². The first kappa shape index (κ1) is 23.2. The fourth-order valence-corrected chi connectivity index (χ4v) is 5.33. The van der Waals surface area contributed by atoms with Crippen LogP contribution in [0.4, 0.5) is 5.69 Å². The van der Waals surface area contributed by atoms with Gasteiger partial charge in [-0.3, -0.25) is 4.79 Å². The largest absolute Gasteiger partial charge is 0.495 e. The first-order valence-electron chi connectivity index (χ1n) is 9.27. The first-order valence-corrected chi connectivity index (χ1v) is 12.2. The fraction of sp³-hybridized carbons (Fsp3) is 0.389. The summed E-state index contributed by atoms with van der Waals surface area (Å²) in [5, 5.41) is 2.61. The van der Waals surface area contributed by atoms with Gasteiger partial charge in [-0.1, -0.05) is 0 Å². The number of hydrogen-bond donors (Lipinski definition) is 2. The summed E-state index contributed by atoms with van der Waals surface area (Å²) < 4.78 is 65.2. The van der Waals surface area contributed by atoms with Crippen molar-refractivity contribution in [3.8, 4) is 5.75 Å². The molecule has 0 radical (unpaired) electrons. The van der Waals surface area contributed by atoms with Gasteiger partial charge in [-0.25, -0.2) is 21.6 Å². The molecule has 1 fully saturated rings. The second kappa shape index (κ2) is 8.96. The van der Waals surface area contributed by atoms with Crippen molar-refractivity contribution in [1.29, 1.82) is 0 Å². The van der Waals surface area contributed by atoms with Gasteiger partial charge in [-0.15, -0.1) is 0 Å². The molecule has 1 aromatic carbocycles. The Morgan fingerprint density at radius 1 is 1.10 bits per heavy atom. The molecule has 31 heavy (non-hydrogen) atoms. The maximum Gasteiger partial charge on any atom is 0.272 e. The second-order valence-electron chi connectivity index (χ2n) is 6.71. The molecule has 11 nitrogen and oxygen atoms in total. The molecule has 1 saturated heterocycles. The summed E-state index contributed by atoms with van der Waals surface area (Å²) in [4.78, 5) is 12.7. The van der Waals surface area contributed by atoms with Crippen LogP contribution in [0.25, 0.3) is 0 Å². The SMILES string of the molecule is CNS(=O)(=O)c1cc(C(=O)Nc2cc(S(=O)(=O)N3CCOCC3)ccc2OC)n(C)c1. The lowest BCUT2D eigenvalue weighted by atomic mass is 10.2. The summed E-state index contributed by atoms with van der Waals surface area (Å²) in [5.74, 6) is -0.370. The van der Waals surface area contributed by atoms with Gasteiger partial charge < -0.3 is 19.4 Å². The predicted octanol–water partition coefficient (Wildman–Crippen LogP) is 0.215. The van der Waals surface area contributed by atoms with Crippen molar-refractivity contribution in [2.24, 2.45) is 7.05 Å². The van der Waals surface area contributed by atoms with Crippen LogP contribution < -0.4 is 14.8 Å². The lowest BCUT2D eigenvalue weighted by Gasteiger charge is -2.26. The summed E-state index contributed by atoms with van der Waals surface area (Å²) in [6.45, 7) is 1.10. The molecule has 1 aromatic heterocycles. The highest BCUT2D eigenvalue weighted by atomic mass is 32.2. The van der Waals surface area contributed by atoms with Gasteiger partial charge in [-0.05, 0) is 31.3 Å². The Kier molecular flexibility index (Phi) is 6.71. The molecule has 0 atom stereocenters. The van der Waals surface area contributed by atoms with Crippen LogP contribution in [0.3, 0.4) is 0 Å². The number of methoxy groups -OCH3 is 1. The average molecular weight is 473 g/mol. The minimum absolute atomic E-state index is 0.00386. The first-order chi connectivity index (χ1) is 14.6. The zero-order valence-electron chi connectivity index (χ0n) is 17.3. The molecule has 0 aliphatic carbocycles. The van der Waals surface area contributed by atoms with Crippen LogP contribution in [0.2, 0.25) is 0 Å². The lowest BCUT2D eigenvalue weighted by molar-refractivity contribution is 0.0730. The molecule has 3 rings (SSSR count). The van der Waals surface area contributed by atoms with E-state index in [0.29, 0.717) is 13.2 Å². The fourth-order valence-electron chi connectivity index (χ4n) is 3.09. The number of benzene rings is 1. The Labute approximate surface area is 181 Å². The highest BCUT2D eigenvalue weighted by molar-refractivity contribution is 7.89. The van der Waals surface area contributed by atoms with Gasteiger partial charge in [-0.2, -0.15) is 4.31 Å². The molecule has 2 aromatic rings. The van der Waals surface area contributed by atoms with E-state index in [0.717, 1.165) is 0 Å². The van der Waals surface area contributed by atoms with Gasteiger partial charge in [0, 0.05) is 26.3 Å². The summed E-state index contributed by atoms with van der Waals surface area (Å²) in [5.41, 5.74) is 0.207. The molecule has 1 aliphatic rings. The number of nitrogens with one attached hydrogen (secondary N) is 2. The van der Waals surface area contributed by atoms with Crippen molar-refractivity contribution in [2.75, 3.05) is 45.8 Å². The summed E-state index contributed by atoms with van der Waals surface area (Å²) in [7, 11) is -3.32. The van der Waals surface area contributed by atoms with Gasteiger partial charge in [0.05, 0.1) is 30.9 Å². The smallest absolute Gasteiger partial charge is 0.272 e. The number of carbonyl (C=O) groups excluding carboxylic acids is 1. The zero-order chi connectivity index (χ0) is 22.8. The van der Waals surface area contributed by atoms with Crippen molar-refractivity contribution in [3.05, 3.63) is 36.2 Å². The normalized spacial score (nSPS) is 15.6. The topological polar surface area (TPSA) is 136 Å². The van der Waals surface area contributed by atoms with E-state index in [1.54, 1.807) is 0 Å². The molecule has 13 heteroatoms. The van der Waals surface area contributed by atoms with Crippen LogP contribution >= 0.6 is 0 Å². The molecule has 0 spiro atoms. The van der Waals surface area contributed by atoms with Gasteiger partial charge in [0.1, 0.15) is 16.3 Å². The predicted molar refractivity (Wildman–Crippen MR) is 112 cm³/mol. The number of rotatable bonds is 7. The van der Waals surface area contributed by atoms with E-state index in [1.807, 2.05) is 0 Å². The number of amides is 1. The Balaban J connectivity index is 1.92. The maximum atomic E-state index is 12.9. The van der Waals surface area contributed by atoms with Gasteiger partial charge >= 0.3 is 0 Å². The van der Waals surface area contributed by atoms with E-state index in [-0.39, 0.29) is 40.0 Å². The van der Waals surface area contributed by atoms with Gasteiger partial charge in [0.15, 0.2) is 0 Å². The standard InChI is InChI=1S/C18H24N4O7S2/c1-19-30(24,25)14-11-16(21(2)12-14)18(23)20-15-10-13(4-5-17(15)28-3)31(26,27)22-6-8-29-9-7-22/h4-5,10-12,19H,6-9H2,1-3H3,(H,20,23). The van der Waals surface area contributed by atoms with Crippen molar-refractivity contribution in [1.82, 2.24) is 13.6 Å². The molecular formula is C18H24N4O7S2. The summed E-state index contributed by atoms with van der Waals surface area (Å²) in [6, 6.07) is 5.39. The van der Waals surface area contributed by atoms with E-state index in [9.17, 15) is 21.6 Å². The van der Waals surface area contributed by atoms with Crippen LogP contribution in [0.15, 0.2) is 40.3 Å². The Morgan fingerprint density at radius 3 is 2.39 bits per heavy atom. The van der Waals surface area contributed by atoms with E-state index in [2.05, 4.69) is 10.0 Å². The van der Waals surface area contributed by atoms with Crippen molar-refractivity contribution in [3.63, 3.8) is 0 Å². The highest BCUT2D eigenvalue weighted by Crippen LogP contribution is 2.30. The number of aromatic nitrogens is 1. The molecule has 2 N–H and O–H groups in total. The van der Waals surface area contributed by atoms with Crippen LogP contribution in [-0.2, 0) is 31.8 Å². The van der Waals surface area contributed by atoms with Crippen LogP contribution in [0.1, 0.15) is 10.5 Å². The number of aryl methyl sites for hydroxylation is 1. The third kappa shape index (κ3) is 4.75. The highest BCUT2D eigenvalue weighted by Gasteiger charge is 2.28. The second-order valence-corrected chi connectivity index (χ2v) is 10.5. The number of carbonyl (C=O) groups is 1. The number of hydrogen-bond acceptors (Lipinski definition) is 7. The quantitative estimate of drug-likeness (QED) is 0.588. The molecule has 0 bridgehead atoms. The minimum Gasteiger partial charge on any atom is -0.495 e. The average Bonchev–Trinajstić information content (AvgIpc) is 3.17. The number of nitrogens with zero attached hydrogens (tertiary/aromatic N) is 2. The summed E-state index contributed by atoms with van der Waals surface area (Å²) in [6.07, 6.45) is 1.30. The third-order valence-corrected chi connectivity index (χ3v) is 8.09. The molecule has 1 amide bonds. The van der Waals surface area contributed by atoms with Crippen LogP contribution in [0, 0.1) is 0 Å². The van der Waals surface area contributed by atoms with E-state index >= 15 is 0 Å². The Morgan fingerprint density at radius 2 is 1.77 bits per heavy atom. The molecule has 170 valence electrons.